The summed E-state index contributed by atoms with van der Waals surface area (Å²) in [5.41, 5.74) is 0. The van der Waals surface area contributed by atoms with Crippen LogP contribution in [0.25, 0.3) is 0 Å². The second kappa shape index (κ2) is 3.22. The van der Waals surface area contributed by atoms with Crippen molar-refractivity contribution in [2.45, 2.75) is 18.9 Å². The van der Waals surface area contributed by atoms with E-state index in [9.17, 15) is 0 Å². The van der Waals surface area contributed by atoms with E-state index in [4.69, 9.17) is 17.0 Å². The maximum Gasteiger partial charge on any atom is 0.111 e. The molecule has 1 fully saturated rings. The molecule has 0 N–H and O–H groups in total. The normalized spacial score (nSPS) is 24.0. The van der Waals surface area contributed by atoms with Crippen LogP contribution < -0.4 is 0 Å². The van der Waals surface area contributed by atoms with Crippen molar-refractivity contribution >= 4 is 17.2 Å². The van der Waals surface area contributed by atoms with Crippen molar-refractivity contribution in [1.82, 2.24) is 4.90 Å². The molecular formula is C8H13NOS. The SMILES string of the molecule is C=C(OC)C1CCC(=S)N1C. The average molecular weight is 171 g/mol. The fraction of sp³-hybridized carbons (Fsp3) is 0.625. The van der Waals surface area contributed by atoms with Crippen LogP contribution >= 0.6 is 12.2 Å². The molecule has 0 bridgehead atoms. The van der Waals surface area contributed by atoms with E-state index in [0.29, 0.717) is 6.04 Å². The van der Waals surface area contributed by atoms with E-state index in [0.717, 1.165) is 23.6 Å². The number of hydrogen-bond acceptors (Lipinski definition) is 2. The number of hydrogen-bond donors (Lipinski definition) is 0. The van der Waals surface area contributed by atoms with Gasteiger partial charge in [-0.05, 0) is 6.42 Å². The fourth-order valence-corrected chi connectivity index (χ4v) is 1.56. The number of thiocarbonyl (C=S) groups is 1. The maximum absolute atomic E-state index is 5.12. The Morgan fingerprint density at radius 1 is 1.82 bits per heavy atom. The van der Waals surface area contributed by atoms with E-state index < -0.39 is 0 Å². The van der Waals surface area contributed by atoms with Gasteiger partial charge in [-0.25, -0.2) is 0 Å². The van der Waals surface area contributed by atoms with Crippen LogP contribution in [0.5, 0.6) is 0 Å². The van der Waals surface area contributed by atoms with Crippen LogP contribution in [0.1, 0.15) is 12.8 Å². The van der Waals surface area contributed by atoms with E-state index in [1.807, 2.05) is 7.05 Å². The molecule has 0 radical (unpaired) electrons. The molecule has 0 aromatic rings. The third-order valence-corrected chi connectivity index (χ3v) is 2.62. The third kappa shape index (κ3) is 1.53. The van der Waals surface area contributed by atoms with Crippen molar-refractivity contribution in [3.05, 3.63) is 12.3 Å². The number of likely N-dealkylation sites (N-methyl/N-ethyl adjacent to an activating group) is 1. The Morgan fingerprint density at radius 3 is 2.82 bits per heavy atom. The number of ether oxygens (including phenoxy) is 1. The summed E-state index contributed by atoms with van der Waals surface area (Å²) >= 11 is 5.12. The number of likely N-dealkylation sites (tertiary alicyclic amines) is 1. The minimum absolute atomic E-state index is 0.299. The van der Waals surface area contributed by atoms with Crippen molar-refractivity contribution in [3.8, 4) is 0 Å². The molecule has 0 amide bonds. The molecule has 62 valence electrons. The molecule has 3 heteroatoms. The van der Waals surface area contributed by atoms with E-state index in [-0.39, 0.29) is 0 Å². The van der Waals surface area contributed by atoms with Gasteiger partial charge in [-0.1, -0.05) is 18.8 Å². The summed E-state index contributed by atoms with van der Waals surface area (Å²) in [5, 5.41) is 0. The van der Waals surface area contributed by atoms with Gasteiger partial charge in [0.1, 0.15) is 5.76 Å². The summed E-state index contributed by atoms with van der Waals surface area (Å²) in [4.78, 5) is 3.06. The van der Waals surface area contributed by atoms with Gasteiger partial charge in [0, 0.05) is 13.5 Å². The van der Waals surface area contributed by atoms with Gasteiger partial charge in [-0.2, -0.15) is 0 Å². The van der Waals surface area contributed by atoms with Crippen molar-refractivity contribution < 1.29 is 4.74 Å². The molecule has 1 rings (SSSR count). The summed E-state index contributed by atoms with van der Waals surface area (Å²) in [6.45, 7) is 3.82. The lowest BCUT2D eigenvalue weighted by atomic mass is 10.2. The van der Waals surface area contributed by atoms with Crippen LogP contribution in [0.2, 0.25) is 0 Å². The Balaban J connectivity index is 2.61. The summed E-state index contributed by atoms with van der Waals surface area (Å²) in [5.74, 6) is 0.812. The first kappa shape index (κ1) is 8.53. The van der Waals surface area contributed by atoms with Crippen molar-refractivity contribution in [1.29, 1.82) is 0 Å². The molecule has 1 aliphatic heterocycles. The molecule has 0 saturated carbocycles. The molecule has 1 heterocycles. The van der Waals surface area contributed by atoms with Gasteiger partial charge in [0.15, 0.2) is 0 Å². The van der Waals surface area contributed by atoms with Crippen molar-refractivity contribution in [2.24, 2.45) is 0 Å². The second-order valence-electron chi connectivity index (χ2n) is 2.73. The quantitative estimate of drug-likeness (QED) is 0.462. The minimum Gasteiger partial charge on any atom is -0.500 e. The monoisotopic (exact) mass is 171 g/mol. The van der Waals surface area contributed by atoms with Crippen molar-refractivity contribution in [3.63, 3.8) is 0 Å². The van der Waals surface area contributed by atoms with Crippen LogP contribution in [0.15, 0.2) is 12.3 Å². The molecule has 0 aromatic heterocycles. The smallest absolute Gasteiger partial charge is 0.111 e. The van der Waals surface area contributed by atoms with Gasteiger partial charge in [0.2, 0.25) is 0 Å². The van der Waals surface area contributed by atoms with Crippen LogP contribution in [0.3, 0.4) is 0 Å². The predicted octanol–water partition coefficient (Wildman–Crippen LogP) is 1.57. The van der Waals surface area contributed by atoms with Crippen molar-refractivity contribution in [2.75, 3.05) is 14.2 Å². The standard InChI is InChI=1S/C8H13NOS/c1-6(10-3)7-4-5-8(11)9(7)2/h7H,1,4-5H2,2-3H3. The second-order valence-corrected chi connectivity index (χ2v) is 3.20. The molecule has 0 aromatic carbocycles. The lowest BCUT2D eigenvalue weighted by Crippen LogP contribution is -2.29. The highest BCUT2D eigenvalue weighted by Crippen LogP contribution is 2.23. The van der Waals surface area contributed by atoms with Gasteiger partial charge in [0.25, 0.3) is 0 Å². The molecule has 1 atom stereocenters. The molecule has 1 saturated heterocycles. The fourth-order valence-electron chi connectivity index (χ4n) is 1.32. The Labute approximate surface area is 72.8 Å². The van der Waals surface area contributed by atoms with Crippen LogP contribution in [0, 0.1) is 0 Å². The van der Waals surface area contributed by atoms with Crippen LogP contribution in [0.4, 0.5) is 0 Å². The van der Waals surface area contributed by atoms with Crippen LogP contribution in [-0.4, -0.2) is 30.1 Å². The van der Waals surface area contributed by atoms with Gasteiger partial charge >= 0.3 is 0 Å². The Bertz CT molecular complexity index is 191. The van der Waals surface area contributed by atoms with E-state index in [1.54, 1.807) is 7.11 Å². The van der Waals surface area contributed by atoms with E-state index in [2.05, 4.69) is 11.5 Å². The summed E-state index contributed by atoms with van der Waals surface area (Å²) < 4.78 is 5.06. The maximum atomic E-state index is 5.12. The van der Waals surface area contributed by atoms with Gasteiger partial charge in [-0.15, -0.1) is 0 Å². The third-order valence-electron chi connectivity index (χ3n) is 2.13. The molecule has 11 heavy (non-hydrogen) atoms. The molecule has 1 aliphatic rings. The summed E-state index contributed by atoms with van der Waals surface area (Å²) in [6, 6.07) is 0.299. The van der Waals surface area contributed by atoms with Gasteiger partial charge < -0.3 is 9.64 Å². The highest BCUT2D eigenvalue weighted by atomic mass is 32.1. The zero-order chi connectivity index (χ0) is 8.43. The lowest BCUT2D eigenvalue weighted by Gasteiger charge is -2.22. The van der Waals surface area contributed by atoms with Gasteiger partial charge in [0.05, 0.1) is 18.1 Å². The van der Waals surface area contributed by atoms with E-state index >= 15 is 0 Å². The molecule has 0 aliphatic carbocycles. The first-order valence-electron chi connectivity index (χ1n) is 3.65. The molecule has 2 nitrogen and oxygen atoms in total. The zero-order valence-corrected chi connectivity index (χ0v) is 7.78. The first-order valence-corrected chi connectivity index (χ1v) is 4.06. The van der Waals surface area contributed by atoms with E-state index in [1.165, 1.54) is 0 Å². The highest BCUT2D eigenvalue weighted by molar-refractivity contribution is 7.80. The lowest BCUT2D eigenvalue weighted by molar-refractivity contribution is 0.228. The Morgan fingerprint density at radius 2 is 2.45 bits per heavy atom. The number of rotatable bonds is 2. The molecule has 1 unspecified atom stereocenters. The minimum atomic E-state index is 0.299. The average Bonchev–Trinajstić information content (AvgIpc) is 2.32. The first-order chi connectivity index (χ1) is 5.16. The van der Waals surface area contributed by atoms with Gasteiger partial charge in [-0.3, -0.25) is 0 Å². The predicted molar refractivity (Wildman–Crippen MR) is 49.5 cm³/mol. The summed E-state index contributed by atoms with van der Waals surface area (Å²) in [6.07, 6.45) is 2.03. The Hall–Kier alpha value is -0.570. The summed E-state index contributed by atoms with van der Waals surface area (Å²) in [7, 11) is 3.64. The highest BCUT2D eigenvalue weighted by Gasteiger charge is 2.27. The molecular weight excluding hydrogens is 158 g/mol. The topological polar surface area (TPSA) is 12.5 Å². The largest absolute Gasteiger partial charge is 0.500 e. The zero-order valence-electron chi connectivity index (χ0n) is 6.96. The Kier molecular flexibility index (Phi) is 2.49. The number of methoxy groups -OCH3 is 1. The molecule has 0 spiro atoms. The number of nitrogens with zero attached hydrogens (tertiary/aromatic N) is 1. The van der Waals surface area contributed by atoms with Crippen LogP contribution in [-0.2, 0) is 4.74 Å².